The lowest BCUT2D eigenvalue weighted by Crippen LogP contribution is -2.35. The number of rotatable bonds is 8. The highest BCUT2D eigenvalue weighted by Crippen LogP contribution is 2.12. The fraction of sp³-hybridized carbons (Fsp3) is 0.462. The Morgan fingerprint density at radius 3 is 2.61 bits per heavy atom. The molecule has 0 aliphatic carbocycles. The van der Waals surface area contributed by atoms with E-state index in [9.17, 15) is 4.79 Å². The highest BCUT2D eigenvalue weighted by molar-refractivity contribution is 5.71. The predicted molar refractivity (Wildman–Crippen MR) is 71.5 cm³/mol. The molecule has 0 spiro atoms. The summed E-state index contributed by atoms with van der Waals surface area (Å²) in [5, 5.41) is 5.73. The van der Waals surface area contributed by atoms with Gasteiger partial charge in [0.05, 0.1) is 6.61 Å². The Kier molecular flexibility index (Phi) is 6.64. The van der Waals surface area contributed by atoms with E-state index in [-0.39, 0.29) is 0 Å². The quantitative estimate of drug-likeness (QED) is 0.608. The van der Waals surface area contributed by atoms with Crippen molar-refractivity contribution in [3.05, 3.63) is 29.8 Å². The van der Waals surface area contributed by atoms with E-state index in [0.29, 0.717) is 13.1 Å². The van der Waals surface area contributed by atoms with Gasteiger partial charge in [-0.2, -0.15) is 0 Å². The third-order valence-electron chi connectivity index (χ3n) is 2.33. The summed E-state index contributed by atoms with van der Waals surface area (Å²) in [6.07, 6.45) is 1.01. The van der Waals surface area contributed by atoms with Crippen LogP contribution < -0.4 is 21.1 Å². The van der Waals surface area contributed by atoms with Gasteiger partial charge in [-0.05, 0) is 24.1 Å². The third-order valence-corrected chi connectivity index (χ3v) is 2.33. The first kappa shape index (κ1) is 14.3. The van der Waals surface area contributed by atoms with Gasteiger partial charge in [0, 0.05) is 19.6 Å². The summed E-state index contributed by atoms with van der Waals surface area (Å²) in [7, 11) is 0. The van der Waals surface area contributed by atoms with E-state index in [4.69, 9.17) is 10.5 Å². The van der Waals surface area contributed by atoms with Gasteiger partial charge in [0.25, 0.3) is 0 Å². The van der Waals surface area contributed by atoms with Gasteiger partial charge in [0.2, 0.25) is 0 Å². The highest BCUT2D eigenvalue weighted by Gasteiger charge is 1.96. The molecule has 1 rings (SSSR count). The summed E-state index contributed by atoms with van der Waals surface area (Å²) in [5.41, 5.74) is 6.13. The standard InChI is InChI=1S/C13H21N3O2/c1-2-9-18-12-5-3-11(4-6-12)10-15-7-8-16-13(14)17/h3-6,15H,2,7-10H2,1H3,(H3,14,16,17). The Balaban J connectivity index is 2.20. The van der Waals surface area contributed by atoms with E-state index in [2.05, 4.69) is 17.6 Å². The molecule has 0 heterocycles. The lowest BCUT2D eigenvalue weighted by Gasteiger charge is -2.07. The SMILES string of the molecule is CCCOc1ccc(CNCCNC(N)=O)cc1. The van der Waals surface area contributed by atoms with Crippen LogP contribution in [0.3, 0.4) is 0 Å². The second-order valence-electron chi connectivity index (χ2n) is 3.96. The first-order chi connectivity index (χ1) is 8.72. The van der Waals surface area contributed by atoms with Crippen molar-refractivity contribution in [3.8, 4) is 5.75 Å². The van der Waals surface area contributed by atoms with Crippen LogP contribution in [-0.2, 0) is 6.54 Å². The van der Waals surface area contributed by atoms with Crippen molar-refractivity contribution in [1.82, 2.24) is 10.6 Å². The van der Waals surface area contributed by atoms with Gasteiger partial charge in [0.15, 0.2) is 0 Å². The molecule has 4 N–H and O–H groups in total. The van der Waals surface area contributed by atoms with Crippen molar-refractivity contribution in [2.24, 2.45) is 5.73 Å². The molecule has 100 valence electrons. The number of hydrogen-bond donors (Lipinski definition) is 3. The molecular weight excluding hydrogens is 230 g/mol. The molecule has 0 unspecified atom stereocenters. The van der Waals surface area contributed by atoms with Gasteiger partial charge in [-0.15, -0.1) is 0 Å². The van der Waals surface area contributed by atoms with E-state index in [0.717, 1.165) is 25.3 Å². The zero-order chi connectivity index (χ0) is 13.2. The molecule has 5 nitrogen and oxygen atoms in total. The monoisotopic (exact) mass is 251 g/mol. The first-order valence-electron chi connectivity index (χ1n) is 6.18. The summed E-state index contributed by atoms with van der Waals surface area (Å²) in [6, 6.07) is 7.50. The molecule has 5 heteroatoms. The Bertz CT molecular complexity index is 352. The highest BCUT2D eigenvalue weighted by atomic mass is 16.5. The van der Waals surface area contributed by atoms with Crippen LogP contribution in [0.15, 0.2) is 24.3 Å². The van der Waals surface area contributed by atoms with Crippen LogP contribution in [0.2, 0.25) is 0 Å². The van der Waals surface area contributed by atoms with Crippen LogP contribution in [0.4, 0.5) is 4.79 Å². The number of benzene rings is 1. The molecule has 0 aromatic heterocycles. The van der Waals surface area contributed by atoms with Crippen LogP contribution >= 0.6 is 0 Å². The van der Waals surface area contributed by atoms with Crippen LogP contribution in [0, 0.1) is 0 Å². The van der Waals surface area contributed by atoms with Gasteiger partial charge < -0.3 is 21.1 Å². The molecular formula is C13H21N3O2. The maximum atomic E-state index is 10.4. The lowest BCUT2D eigenvalue weighted by molar-refractivity contribution is 0.249. The summed E-state index contributed by atoms with van der Waals surface area (Å²) in [6.45, 7) is 4.81. The maximum Gasteiger partial charge on any atom is 0.312 e. The first-order valence-corrected chi connectivity index (χ1v) is 6.18. The van der Waals surface area contributed by atoms with Gasteiger partial charge in [-0.25, -0.2) is 4.79 Å². The minimum Gasteiger partial charge on any atom is -0.494 e. The Hall–Kier alpha value is -1.75. The second-order valence-corrected chi connectivity index (χ2v) is 3.96. The number of amides is 2. The molecule has 0 atom stereocenters. The molecule has 0 radical (unpaired) electrons. The van der Waals surface area contributed by atoms with Crippen molar-refractivity contribution in [2.45, 2.75) is 19.9 Å². The number of nitrogens with two attached hydrogens (primary N) is 1. The minimum atomic E-state index is -0.491. The molecule has 0 saturated carbocycles. The van der Waals surface area contributed by atoms with E-state index < -0.39 is 6.03 Å². The number of carbonyl (C=O) groups excluding carboxylic acids is 1. The average molecular weight is 251 g/mol. The molecule has 0 aliphatic heterocycles. The van der Waals surface area contributed by atoms with Gasteiger partial charge in [-0.1, -0.05) is 19.1 Å². The number of nitrogens with one attached hydrogen (secondary N) is 2. The topological polar surface area (TPSA) is 76.4 Å². The molecule has 0 fully saturated rings. The third kappa shape index (κ3) is 6.10. The van der Waals surface area contributed by atoms with Crippen molar-refractivity contribution in [1.29, 1.82) is 0 Å². The minimum absolute atomic E-state index is 0.491. The molecule has 0 saturated heterocycles. The number of carbonyl (C=O) groups is 1. The smallest absolute Gasteiger partial charge is 0.312 e. The van der Waals surface area contributed by atoms with E-state index in [1.165, 1.54) is 5.56 Å². The number of ether oxygens (including phenoxy) is 1. The molecule has 2 amide bonds. The molecule has 0 bridgehead atoms. The van der Waals surface area contributed by atoms with Gasteiger partial charge in [0.1, 0.15) is 5.75 Å². The molecule has 1 aromatic rings. The van der Waals surface area contributed by atoms with Crippen LogP contribution in [0.25, 0.3) is 0 Å². The van der Waals surface area contributed by atoms with Crippen molar-refractivity contribution in [3.63, 3.8) is 0 Å². The van der Waals surface area contributed by atoms with E-state index in [1.807, 2.05) is 24.3 Å². The van der Waals surface area contributed by atoms with Gasteiger partial charge >= 0.3 is 6.03 Å². The number of primary amides is 1. The van der Waals surface area contributed by atoms with Crippen molar-refractivity contribution in [2.75, 3.05) is 19.7 Å². The summed E-state index contributed by atoms with van der Waals surface area (Å²) < 4.78 is 5.50. The summed E-state index contributed by atoms with van der Waals surface area (Å²) in [4.78, 5) is 10.4. The van der Waals surface area contributed by atoms with E-state index >= 15 is 0 Å². The molecule has 1 aromatic carbocycles. The fourth-order valence-corrected chi connectivity index (χ4v) is 1.43. The predicted octanol–water partition coefficient (Wildman–Crippen LogP) is 1.23. The number of urea groups is 1. The molecule has 0 aliphatic rings. The Morgan fingerprint density at radius 2 is 2.00 bits per heavy atom. The van der Waals surface area contributed by atoms with Crippen molar-refractivity contribution < 1.29 is 9.53 Å². The van der Waals surface area contributed by atoms with Crippen molar-refractivity contribution >= 4 is 6.03 Å². The Morgan fingerprint density at radius 1 is 1.28 bits per heavy atom. The van der Waals surface area contributed by atoms with Crippen LogP contribution in [-0.4, -0.2) is 25.7 Å². The summed E-state index contributed by atoms with van der Waals surface area (Å²) in [5.74, 6) is 0.899. The van der Waals surface area contributed by atoms with Gasteiger partial charge in [-0.3, -0.25) is 0 Å². The molecule has 18 heavy (non-hydrogen) atoms. The average Bonchev–Trinajstić information content (AvgIpc) is 2.37. The van der Waals surface area contributed by atoms with Crippen LogP contribution in [0.1, 0.15) is 18.9 Å². The normalized spacial score (nSPS) is 10.1. The maximum absolute atomic E-state index is 10.4. The Labute approximate surface area is 108 Å². The van der Waals surface area contributed by atoms with Crippen LogP contribution in [0.5, 0.6) is 5.75 Å². The largest absolute Gasteiger partial charge is 0.494 e. The summed E-state index contributed by atoms with van der Waals surface area (Å²) >= 11 is 0. The zero-order valence-corrected chi connectivity index (χ0v) is 10.7. The lowest BCUT2D eigenvalue weighted by atomic mass is 10.2. The zero-order valence-electron chi connectivity index (χ0n) is 10.7. The fourth-order valence-electron chi connectivity index (χ4n) is 1.43. The second kappa shape index (κ2) is 8.36. The number of hydrogen-bond acceptors (Lipinski definition) is 3. The van der Waals surface area contributed by atoms with E-state index in [1.54, 1.807) is 0 Å².